The Morgan fingerprint density at radius 2 is 1.94 bits per heavy atom. The molecule has 16 heavy (non-hydrogen) atoms. The molecule has 84 valence electrons. The van der Waals surface area contributed by atoms with Crippen LogP contribution < -0.4 is 5.32 Å². The lowest BCUT2D eigenvalue weighted by Crippen LogP contribution is -1.99. The van der Waals surface area contributed by atoms with Gasteiger partial charge in [-0.1, -0.05) is 0 Å². The molecule has 1 heterocycles. The van der Waals surface area contributed by atoms with Gasteiger partial charge in [0.15, 0.2) is 17.5 Å². The van der Waals surface area contributed by atoms with Crippen molar-refractivity contribution >= 4 is 32.5 Å². The van der Waals surface area contributed by atoms with Crippen molar-refractivity contribution in [3.05, 3.63) is 34.2 Å². The molecule has 0 amide bonds. The van der Waals surface area contributed by atoms with E-state index in [1.165, 1.54) is 13.2 Å². The Balaban J connectivity index is 2.99. The third-order valence-electron chi connectivity index (χ3n) is 2.20. The van der Waals surface area contributed by atoms with Crippen LogP contribution in [-0.4, -0.2) is 12.0 Å². The molecule has 0 fully saturated rings. The minimum atomic E-state index is -1.50. The summed E-state index contributed by atoms with van der Waals surface area (Å²) in [6.45, 7) is 0. The molecule has 0 radical (unpaired) electrons. The van der Waals surface area contributed by atoms with Gasteiger partial charge in [0, 0.05) is 23.1 Å². The van der Waals surface area contributed by atoms with Crippen molar-refractivity contribution in [2.24, 2.45) is 0 Å². The van der Waals surface area contributed by atoms with Gasteiger partial charge in [0.2, 0.25) is 0 Å². The van der Waals surface area contributed by atoms with Gasteiger partial charge in [-0.15, -0.1) is 0 Å². The maximum atomic E-state index is 13.6. The van der Waals surface area contributed by atoms with E-state index in [9.17, 15) is 13.2 Å². The van der Waals surface area contributed by atoms with Crippen molar-refractivity contribution in [1.29, 1.82) is 0 Å². The van der Waals surface area contributed by atoms with Crippen molar-refractivity contribution in [2.45, 2.75) is 0 Å². The van der Waals surface area contributed by atoms with Crippen LogP contribution in [0.15, 0.2) is 16.7 Å². The zero-order valence-electron chi connectivity index (χ0n) is 8.11. The summed E-state index contributed by atoms with van der Waals surface area (Å²) in [6.07, 6.45) is 1.39. The second-order valence-electron chi connectivity index (χ2n) is 3.11. The lowest BCUT2D eigenvalue weighted by atomic mass is 10.1. The number of benzene rings is 1. The third kappa shape index (κ3) is 1.53. The van der Waals surface area contributed by atoms with E-state index < -0.39 is 17.5 Å². The van der Waals surface area contributed by atoms with E-state index in [1.807, 2.05) is 0 Å². The number of anilines is 1. The predicted molar refractivity (Wildman–Crippen MR) is 58.9 cm³/mol. The van der Waals surface area contributed by atoms with Gasteiger partial charge in [-0.2, -0.15) is 0 Å². The highest BCUT2D eigenvalue weighted by Crippen LogP contribution is 2.32. The second kappa shape index (κ2) is 3.93. The van der Waals surface area contributed by atoms with E-state index in [2.05, 4.69) is 26.2 Å². The van der Waals surface area contributed by atoms with Crippen molar-refractivity contribution < 1.29 is 13.2 Å². The van der Waals surface area contributed by atoms with E-state index in [0.29, 0.717) is 4.47 Å². The van der Waals surface area contributed by atoms with Crippen LogP contribution in [0.5, 0.6) is 0 Å². The smallest absolute Gasteiger partial charge is 0.195 e. The molecular formula is C10H6BrF3N2. The van der Waals surface area contributed by atoms with E-state index in [1.54, 1.807) is 0 Å². The Morgan fingerprint density at radius 3 is 2.56 bits per heavy atom. The Bertz CT molecular complexity index is 572. The molecule has 0 unspecified atom stereocenters. The van der Waals surface area contributed by atoms with Crippen LogP contribution in [0.2, 0.25) is 0 Å². The van der Waals surface area contributed by atoms with Crippen LogP contribution in [0.4, 0.5) is 19.0 Å². The molecule has 1 N–H and O–H groups in total. The van der Waals surface area contributed by atoms with Crippen molar-refractivity contribution in [2.75, 3.05) is 12.4 Å². The molecule has 2 rings (SSSR count). The maximum Gasteiger partial charge on any atom is 0.195 e. The fourth-order valence-electron chi connectivity index (χ4n) is 1.46. The highest BCUT2D eigenvalue weighted by Gasteiger charge is 2.18. The minimum Gasteiger partial charge on any atom is -0.373 e. The first kappa shape index (κ1) is 11.2. The Morgan fingerprint density at radius 1 is 1.25 bits per heavy atom. The Kier molecular flexibility index (Phi) is 2.75. The number of pyridine rings is 1. The summed E-state index contributed by atoms with van der Waals surface area (Å²) in [5.41, 5.74) is 0. The van der Waals surface area contributed by atoms with Crippen LogP contribution in [0, 0.1) is 17.5 Å². The van der Waals surface area contributed by atoms with E-state index in [-0.39, 0.29) is 16.6 Å². The SMILES string of the molecule is CNc1ncc(Br)c2cc(F)c(F)c(F)c12. The van der Waals surface area contributed by atoms with E-state index in [4.69, 9.17) is 0 Å². The van der Waals surface area contributed by atoms with Crippen LogP contribution in [-0.2, 0) is 0 Å². The largest absolute Gasteiger partial charge is 0.373 e. The first-order valence-electron chi connectivity index (χ1n) is 4.35. The molecule has 2 nitrogen and oxygen atoms in total. The molecule has 0 saturated heterocycles. The second-order valence-corrected chi connectivity index (χ2v) is 3.97. The van der Waals surface area contributed by atoms with Crippen molar-refractivity contribution in [3.63, 3.8) is 0 Å². The minimum absolute atomic E-state index is 0.0734. The molecule has 0 spiro atoms. The number of hydrogen-bond acceptors (Lipinski definition) is 2. The van der Waals surface area contributed by atoms with Gasteiger partial charge >= 0.3 is 0 Å². The first-order chi connectivity index (χ1) is 7.56. The molecule has 0 saturated carbocycles. The van der Waals surface area contributed by atoms with Crippen molar-refractivity contribution in [3.8, 4) is 0 Å². The number of fused-ring (bicyclic) bond motifs is 1. The third-order valence-corrected chi connectivity index (χ3v) is 2.83. The van der Waals surface area contributed by atoms with Crippen LogP contribution in [0.25, 0.3) is 10.8 Å². The molecular weight excluding hydrogens is 285 g/mol. The number of rotatable bonds is 1. The predicted octanol–water partition coefficient (Wildman–Crippen LogP) is 3.46. The van der Waals surface area contributed by atoms with Crippen LogP contribution in [0.1, 0.15) is 0 Å². The Labute approximate surface area is 97.6 Å². The molecule has 1 aromatic carbocycles. The van der Waals surface area contributed by atoms with Gasteiger partial charge in [-0.3, -0.25) is 0 Å². The lowest BCUT2D eigenvalue weighted by Gasteiger charge is -2.08. The summed E-state index contributed by atoms with van der Waals surface area (Å²) in [5.74, 6) is -3.80. The number of nitrogens with zero attached hydrogens (tertiary/aromatic N) is 1. The number of hydrogen-bond donors (Lipinski definition) is 1. The Hall–Kier alpha value is -1.30. The van der Waals surface area contributed by atoms with Gasteiger partial charge in [0.25, 0.3) is 0 Å². The topological polar surface area (TPSA) is 24.9 Å². The molecule has 2 aromatic rings. The van der Waals surface area contributed by atoms with E-state index >= 15 is 0 Å². The van der Waals surface area contributed by atoms with Crippen LogP contribution >= 0.6 is 15.9 Å². The normalized spacial score (nSPS) is 10.8. The quantitative estimate of drug-likeness (QED) is 0.814. The van der Waals surface area contributed by atoms with Gasteiger partial charge < -0.3 is 5.32 Å². The van der Waals surface area contributed by atoms with Gasteiger partial charge in [-0.05, 0) is 22.0 Å². The number of halogens is 4. The summed E-state index contributed by atoms with van der Waals surface area (Å²) in [4.78, 5) is 3.87. The summed E-state index contributed by atoms with van der Waals surface area (Å²) < 4.78 is 40.1. The summed E-state index contributed by atoms with van der Waals surface area (Å²) in [7, 11) is 1.52. The molecule has 0 bridgehead atoms. The molecule has 0 aliphatic carbocycles. The lowest BCUT2D eigenvalue weighted by molar-refractivity contribution is 0.453. The van der Waals surface area contributed by atoms with Crippen LogP contribution in [0.3, 0.4) is 0 Å². The fourth-order valence-corrected chi connectivity index (χ4v) is 1.87. The summed E-state index contributed by atoms with van der Waals surface area (Å²) >= 11 is 3.11. The van der Waals surface area contributed by atoms with E-state index in [0.717, 1.165) is 6.07 Å². The molecule has 0 aliphatic rings. The molecule has 6 heteroatoms. The highest BCUT2D eigenvalue weighted by molar-refractivity contribution is 9.10. The molecule has 1 aromatic heterocycles. The number of aromatic nitrogens is 1. The maximum absolute atomic E-state index is 13.6. The first-order valence-corrected chi connectivity index (χ1v) is 5.15. The zero-order valence-corrected chi connectivity index (χ0v) is 9.70. The van der Waals surface area contributed by atoms with Gasteiger partial charge in [0.1, 0.15) is 5.82 Å². The average molecular weight is 291 g/mol. The standard InChI is InChI=1S/C10H6BrF3N2/c1-15-10-7-4(5(11)3-16-10)2-6(12)8(13)9(7)14/h2-3H,1H3,(H,15,16). The molecule has 0 atom stereocenters. The average Bonchev–Trinajstić information content (AvgIpc) is 2.27. The summed E-state index contributed by atoms with van der Waals surface area (Å²) in [6, 6.07) is 0.931. The highest BCUT2D eigenvalue weighted by atomic mass is 79.9. The molecule has 0 aliphatic heterocycles. The zero-order chi connectivity index (χ0) is 11.9. The fraction of sp³-hybridized carbons (Fsp3) is 0.100. The van der Waals surface area contributed by atoms with Crippen molar-refractivity contribution in [1.82, 2.24) is 4.98 Å². The monoisotopic (exact) mass is 290 g/mol. The summed E-state index contributed by atoms with van der Waals surface area (Å²) in [5, 5.41) is 2.78. The number of nitrogens with one attached hydrogen (secondary N) is 1. The van der Waals surface area contributed by atoms with Gasteiger partial charge in [0.05, 0.1) is 5.39 Å². The van der Waals surface area contributed by atoms with Gasteiger partial charge in [-0.25, -0.2) is 18.2 Å².